The van der Waals surface area contributed by atoms with E-state index >= 15 is 0 Å². The third-order valence-corrected chi connectivity index (χ3v) is 24.4. The molecule has 410 valence electrons. The number of fused-ring (bicyclic) bond motifs is 21. The number of anilines is 8. The van der Waals surface area contributed by atoms with Gasteiger partial charge in [-0.1, -0.05) is 162 Å². The number of nitrogens with zero attached hydrogens (tertiary/aromatic N) is 3. The van der Waals surface area contributed by atoms with Gasteiger partial charge in [0.2, 0.25) is 0 Å². The molecule has 6 heteroatoms. The first-order valence-electron chi connectivity index (χ1n) is 31.0. The van der Waals surface area contributed by atoms with Crippen LogP contribution in [0.1, 0.15) is 179 Å². The SMILES string of the molecule is Cc1cc2c3cc1N1c4cc5oc6ccccc6c5cc4B4c5cc6c(cc5N(c5cccc7c5sc5ccccc57)c5cc(cc1c54)N1c4cc(c(C(C)(C)C)cc4C4(C)CCCCC14C)C3(C)CCC2(C)C)C(C)(C)CCC6(C)C. The van der Waals surface area contributed by atoms with Crippen molar-refractivity contribution in [2.24, 2.45) is 0 Å². The van der Waals surface area contributed by atoms with Crippen molar-refractivity contribution in [3.63, 3.8) is 0 Å². The molecule has 2 aromatic heterocycles. The van der Waals surface area contributed by atoms with E-state index in [2.05, 4.69) is 232 Å². The maximum Gasteiger partial charge on any atom is 0.252 e. The van der Waals surface area contributed by atoms with Crippen LogP contribution in [0.5, 0.6) is 0 Å². The van der Waals surface area contributed by atoms with Gasteiger partial charge in [-0.15, -0.1) is 11.3 Å². The van der Waals surface area contributed by atoms with Crippen LogP contribution in [0, 0.1) is 6.92 Å². The maximum atomic E-state index is 7.04. The molecule has 3 atom stereocenters. The molecule has 1 saturated carbocycles. The fourth-order valence-electron chi connectivity index (χ4n) is 18.1. The lowest BCUT2D eigenvalue weighted by Crippen LogP contribution is -2.62. The minimum absolute atomic E-state index is 0.000510. The van der Waals surface area contributed by atoms with E-state index in [9.17, 15) is 0 Å². The van der Waals surface area contributed by atoms with E-state index in [4.69, 9.17) is 4.42 Å². The number of rotatable bonds is 1. The van der Waals surface area contributed by atoms with Crippen LogP contribution in [0.2, 0.25) is 0 Å². The highest BCUT2D eigenvalue weighted by atomic mass is 32.1. The number of thiophene rings is 1. The molecule has 8 aromatic carbocycles. The quantitative estimate of drug-likeness (QED) is 0.153. The van der Waals surface area contributed by atoms with Gasteiger partial charge in [0, 0.05) is 83.0 Å². The summed E-state index contributed by atoms with van der Waals surface area (Å²) in [7, 11) is 0. The van der Waals surface area contributed by atoms with Gasteiger partial charge in [0.1, 0.15) is 11.2 Å². The number of para-hydroxylation sites is 1. The Hall–Kier alpha value is -6.76. The fourth-order valence-corrected chi connectivity index (χ4v) is 19.3. The summed E-state index contributed by atoms with van der Waals surface area (Å²) >= 11 is 1.96. The van der Waals surface area contributed by atoms with Crippen molar-refractivity contribution in [2.75, 3.05) is 14.7 Å². The Bertz CT molecular complexity index is 4540. The topological polar surface area (TPSA) is 22.9 Å². The van der Waals surface area contributed by atoms with E-state index in [1.807, 2.05) is 11.3 Å². The van der Waals surface area contributed by atoms with Gasteiger partial charge < -0.3 is 19.1 Å². The smallest absolute Gasteiger partial charge is 0.252 e. The Morgan fingerprint density at radius 3 is 1.84 bits per heavy atom. The zero-order chi connectivity index (χ0) is 56.3. The molecule has 17 rings (SSSR count). The molecule has 0 spiro atoms. The molecule has 10 aromatic rings. The largest absolute Gasteiger partial charge is 0.456 e. The fraction of sp³-hybridized carbons (Fsp3) is 0.368. The molecule has 0 saturated heterocycles. The number of furan rings is 1. The van der Waals surface area contributed by atoms with E-state index in [1.54, 1.807) is 0 Å². The number of aryl methyl sites for hydroxylation is 1. The first-order chi connectivity index (χ1) is 39.0. The van der Waals surface area contributed by atoms with Gasteiger partial charge >= 0.3 is 0 Å². The monoisotopic (exact) mass is 1090 g/mol. The second-order valence-corrected chi connectivity index (χ2v) is 31.2. The van der Waals surface area contributed by atoms with E-state index in [-0.39, 0.29) is 44.7 Å². The predicted molar refractivity (Wildman–Crippen MR) is 351 cm³/mol. The Kier molecular flexibility index (Phi) is 9.54. The zero-order valence-corrected chi connectivity index (χ0v) is 51.3. The highest BCUT2D eigenvalue weighted by Crippen LogP contribution is 2.65. The Balaban J connectivity index is 1.09. The van der Waals surface area contributed by atoms with Crippen LogP contribution >= 0.6 is 11.3 Å². The van der Waals surface area contributed by atoms with Crippen LogP contribution < -0.4 is 31.1 Å². The molecule has 4 nitrogen and oxygen atoms in total. The van der Waals surface area contributed by atoms with Gasteiger partial charge in [-0.05, 0) is 183 Å². The maximum absolute atomic E-state index is 7.04. The molecular weight excluding hydrogens is 1010 g/mol. The lowest BCUT2D eigenvalue weighted by molar-refractivity contribution is 0.195. The average Bonchev–Trinajstić information content (AvgIpc) is 1.32. The van der Waals surface area contributed by atoms with Gasteiger partial charge in [-0.3, -0.25) is 0 Å². The Morgan fingerprint density at radius 1 is 0.476 bits per heavy atom. The molecule has 7 aliphatic rings. The van der Waals surface area contributed by atoms with Crippen molar-refractivity contribution < 1.29 is 4.42 Å². The third-order valence-electron chi connectivity index (χ3n) is 23.2. The molecule has 82 heavy (non-hydrogen) atoms. The third kappa shape index (κ3) is 6.15. The Morgan fingerprint density at radius 2 is 1.09 bits per heavy atom. The predicted octanol–water partition coefficient (Wildman–Crippen LogP) is 19.4. The van der Waals surface area contributed by atoms with Crippen LogP contribution in [0.3, 0.4) is 0 Å². The number of benzene rings is 8. The van der Waals surface area contributed by atoms with Crippen LogP contribution in [0.4, 0.5) is 45.5 Å². The molecule has 0 radical (unpaired) electrons. The molecule has 1 fully saturated rings. The molecule has 4 aliphatic heterocycles. The summed E-state index contributed by atoms with van der Waals surface area (Å²) in [5.74, 6) is 0. The van der Waals surface area contributed by atoms with Crippen molar-refractivity contribution in [3.05, 3.63) is 172 Å². The molecule has 3 unspecified atom stereocenters. The highest BCUT2D eigenvalue weighted by molar-refractivity contribution is 7.26. The summed E-state index contributed by atoms with van der Waals surface area (Å²) in [5.41, 5.74) is 27.6. The van der Waals surface area contributed by atoms with Crippen LogP contribution in [0.25, 0.3) is 42.1 Å². The molecule has 6 heterocycles. The van der Waals surface area contributed by atoms with Crippen LogP contribution in [-0.4, -0.2) is 12.3 Å². The standard InChI is InChI=1S/C76H76BN3OS/c1-43-33-50-54-40-59(43)79-62-42-66-48(45-21-14-16-25-65(45)81-66)36-56(62)77-57-38-51-52(72(7,8)30-29-71(51,5)6)39-61(57)78(58-24-20-23-47-46-22-15-17-26-67(46)82-69(47)58)63-34-44(35-64(79)68(63)77)80-60-41-53(74(54,11)32-31-73(50,9)10)49(70(2,3)4)37-55(60)75(12)27-18-19-28-76(75,80)13/h14-17,20-26,33-42H,18-19,27-32H2,1-13H3. The molecule has 3 aliphatic carbocycles. The van der Waals surface area contributed by atoms with Crippen molar-refractivity contribution >= 4 is 122 Å². The number of hydrogen-bond donors (Lipinski definition) is 0. The first kappa shape index (κ1) is 49.8. The van der Waals surface area contributed by atoms with Crippen molar-refractivity contribution in [3.8, 4) is 0 Å². The van der Waals surface area contributed by atoms with E-state index in [0.717, 1.165) is 43.3 Å². The molecular formula is C76H76BN3OS. The van der Waals surface area contributed by atoms with Gasteiger partial charge in [-0.2, -0.15) is 0 Å². The molecule has 0 N–H and O–H groups in total. The van der Waals surface area contributed by atoms with Gasteiger partial charge in [-0.25, -0.2) is 0 Å². The van der Waals surface area contributed by atoms with E-state index < -0.39 is 0 Å². The van der Waals surface area contributed by atoms with Crippen molar-refractivity contribution in [1.29, 1.82) is 0 Å². The van der Waals surface area contributed by atoms with Gasteiger partial charge in [0.05, 0.1) is 15.9 Å². The summed E-state index contributed by atoms with van der Waals surface area (Å²) in [6, 6.07) is 51.7. The molecule has 0 amide bonds. The van der Waals surface area contributed by atoms with Gasteiger partial charge in [0.25, 0.3) is 6.71 Å². The summed E-state index contributed by atoms with van der Waals surface area (Å²) < 4.78 is 9.71. The first-order valence-corrected chi connectivity index (χ1v) is 31.8. The van der Waals surface area contributed by atoms with Crippen molar-refractivity contribution in [1.82, 2.24) is 0 Å². The minimum Gasteiger partial charge on any atom is -0.456 e. The normalized spacial score (nSPS) is 23.9. The highest BCUT2D eigenvalue weighted by Gasteiger charge is 2.60. The van der Waals surface area contributed by atoms with E-state index in [0.29, 0.717) is 0 Å². The minimum atomic E-state index is -0.249. The summed E-state index contributed by atoms with van der Waals surface area (Å²) in [6.07, 6.45) is 9.26. The van der Waals surface area contributed by atoms with E-state index in [1.165, 1.54) is 157 Å². The Labute approximate surface area is 489 Å². The second-order valence-electron chi connectivity index (χ2n) is 30.2. The zero-order valence-electron chi connectivity index (χ0n) is 50.5. The lowest BCUT2D eigenvalue weighted by Gasteiger charge is -2.51. The summed E-state index contributed by atoms with van der Waals surface area (Å²) in [4.78, 5) is 8.48. The molecule has 6 bridgehead atoms. The number of hydrogen-bond acceptors (Lipinski definition) is 5. The average molecular weight is 1090 g/mol. The summed E-state index contributed by atoms with van der Waals surface area (Å²) in [5, 5.41) is 5.01. The van der Waals surface area contributed by atoms with Crippen LogP contribution in [-0.2, 0) is 32.5 Å². The van der Waals surface area contributed by atoms with Crippen molar-refractivity contribution in [2.45, 2.75) is 179 Å². The summed E-state index contributed by atoms with van der Waals surface area (Å²) in [6.45, 7) is 32.8. The lowest BCUT2D eigenvalue weighted by atomic mass is 9.33. The van der Waals surface area contributed by atoms with Gasteiger partial charge in [0.15, 0.2) is 0 Å². The second kappa shape index (κ2) is 15.7. The van der Waals surface area contributed by atoms with Crippen LogP contribution in [0.15, 0.2) is 132 Å².